The number of aromatic nitrogens is 2. The van der Waals surface area contributed by atoms with Crippen LogP contribution >= 0.6 is 0 Å². The average molecular weight is 378 g/mol. The highest BCUT2D eigenvalue weighted by atomic mass is 16.1. The molecule has 2 heterocycles. The van der Waals surface area contributed by atoms with Gasteiger partial charge in [-0.1, -0.05) is 12.1 Å². The number of hydrogen-bond donors (Lipinski definition) is 1. The van der Waals surface area contributed by atoms with Gasteiger partial charge in [0.1, 0.15) is 0 Å². The Balaban J connectivity index is 1.26. The van der Waals surface area contributed by atoms with Crippen LogP contribution in [0.2, 0.25) is 0 Å². The Hall–Kier alpha value is -2.98. The van der Waals surface area contributed by atoms with Crippen LogP contribution in [0.5, 0.6) is 0 Å². The number of hydrogen-bond acceptors (Lipinski definition) is 6. The molecule has 1 aliphatic heterocycles. The molecule has 28 heavy (non-hydrogen) atoms. The number of aryl methyl sites for hydroxylation is 1. The number of piperazine rings is 1. The molecule has 0 spiro atoms. The van der Waals surface area contributed by atoms with Crippen molar-refractivity contribution in [2.75, 3.05) is 44.2 Å². The lowest BCUT2D eigenvalue weighted by atomic mass is 10.1. The van der Waals surface area contributed by atoms with Crippen molar-refractivity contribution in [1.82, 2.24) is 20.2 Å². The van der Waals surface area contributed by atoms with Gasteiger partial charge in [0.15, 0.2) is 0 Å². The number of nitrogens with zero attached hydrogens (tertiary/aromatic N) is 5. The van der Waals surface area contributed by atoms with Gasteiger partial charge in [0.2, 0.25) is 11.9 Å². The van der Waals surface area contributed by atoms with Crippen molar-refractivity contribution in [3.63, 3.8) is 0 Å². The minimum atomic E-state index is 0.0791. The molecule has 1 aromatic heterocycles. The second kappa shape index (κ2) is 10.4. The van der Waals surface area contributed by atoms with Crippen LogP contribution in [-0.2, 0) is 11.2 Å². The average Bonchev–Trinajstić information content (AvgIpc) is 2.76. The first-order valence-corrected chi connectivity index (χ1v) is 9.74. The van der Waals surface area contributed by atoms with E-state index >= 15 is 0 Å². The van der Waals surface area contributed by atoms with Crippen molar-refractivity contribution in [2.24, 2.45) is 0 Å². The van der Waals surface area contributed by atoms with E-state index in [1.54, 1.807) is 24.5 Å². The van der Waals surface area contributed by atoms with Crippen molar-refractivity contribution in [3.8, 4) is 6.07 Å². The van der Waals surface area contributed by atoms with E-state index in [1.165, 1.54) is 0 Å². The molecule has 0 aliphatic carbocycles. The number of benzene rings is 1. The molecule has 1 aliphatic rings. The van der Waals surface area contributed by atoms with Crippen molar-refractivity contribution >= 4 is 11.9 Å². The number of amides is 1. The summed E-state index contributed by atoms with van der Waals surface area (Å²) in [5.74, 6) is 0.882. The zero-order chi connectivity index (χ0) is 19.6. The number of rotatable bonds is 8. The van der Waals surface area contributed by atoms with E-state index in [1.807, 2.05) is 18.2 Å². The molecular weight excluding hydrogens is 352 g/mol. The van der Waals surface area contributed by atoms with E-state index in [2.05, 4.69) is 31.2 Å². The Labute approximate surface area is 166 Å². The lowest BCUT2D eigenvalue weighted by molar-refractivity contribution is -0.121. The smallest absolute Gasteiger partial charge is 0.225 e. The fourth-order valence-electron chi connectivity index (χ4n) is 3.25. The first-order chi connectivity index (χ1) is 13.7. The van der Waals surface area contributed by atoms with Crippen LogP contribution in [0, 0.1) is 11.3 Å². The third-order valence-corrected chi connectivity index (χ3v) is 4.90. The standard InChI is InChI=1S/C21H26N6O/c22-17-19-5-3-18(4-6-19)7-8-20(28)23-11-2-12-26-13-15-27(16-14-26)21-24-9-1-10-25-21/h1,3-6,9-10H,2,7-8,11-16H2,(H,23,28). The Morgan fingerprint density at radius 2 is 1.82 bits per heavy atom. The van der Waals surface area contributed by atoms with Gasteiger partial charge in [0.25, 0.3) is 0 Å². The number of carbonyl (C=O) groups is 1. The first-order valence-electron chi connectivity index (χ1n) is 9.74. The number of anilines is 1. The molecule has 1 fully saturated rings. The Morgan fingerprint density at radius 3 is 2.50 bits per heavy atom. The predicted octanol–water partition coefficient (Wildman–Crippen LogP) is 1.61. The fourth-order valence-corrected chi connectivity index (χ4v) is 3.25. The van der Waals surface area contributed by atoms with Gasteiger partial charge in [-0.3, -0.25) is 9.69 Å². The summed E-state index contributed by atoms with van der Waals surface area (Å²) in [6.45, 7) is 5.53. The molecule has 3 rings (SSSR count). The SMILES string of the molecule is N#Cc1ccc(CCC(=O)NCCCN2CCN(c3ncccn3)CC2)cc1. The van der Waals surface area contributed by atoms with Gasteiger partial charge < -0.3 is 10.2 Å². The van der Waals surface area contributed by atoms with Gasteiger partial charge in [0.05, 0.1) is 11.6 Å². The summed E-state index contributed by atoms with van der Waals surface area (Å²) < 4.78 is 0. The van der Waals surface area contributed by atoms with Crippen LogP contribution in [0.25, 0.3) is 0 Å². The molecule has 2 aromatic rings. The first kappa shape index (κ1) is 19.8. The zero-order valence-corrected chi connectivity index (χ0v) is 16.0. The number of carbonyl (C=O) groups excluding carboxylic acids is 1. The summed E-state index contributed by atoms with van der Waals surface area (Å²) in [7, 11) is 0. The van der Waals surface area contributed by atoms with E-state index in [4.69, 9.17) is 5.26 Å². The Morgan fingerprint density at radius 1 is 1.11 bits per heavy atom. The molecule has 1 aromatic carbocycles. The Kier molecular flexibility index (Phi) is 7.33. The topological polar surface area (TPSA) is 85.2 Å². The van der Waals surface area contributed by atoms with E-state index in [9.17, 15) is 4.79 Å². The van der Waals surface area contributed by atoms with Crippen molar-refractivity contribution in [1.29, 1.82) is 5.26 Å². The summed E-state index contributed by atoms with van der Waals surface area (Å²) in [4.78, 5) is 25.2. The molecule has 7 heteroatoms. The van der Waals surface area contributed by atoms with Crippen LogP contribution in [-0.4, -0.2) is 60.0 Å². The van der Waals surface area contributed by atoms with Crippen LogP contribution in [0.15, 0.2) is 42.7 Å². The molecule has 7 nitrogen and oxygen atoms in total. The largest absolute Gasteiger partial charge is 0.356 e. The highest BCUT2D eigenvalue weighted by Gasteiger charge is 2.18. The van der Waals surface area contributed by atoms with E-state index in [0.29, 0.717) is 24.9 Å². The van der Waals surface area contributed by atoms with Gasteiger partial charge >= 0.3 is 0 Å². The van der Waals surface area contributed by atoms with Gasteiger partial charge in [0, 0.05) is 51.5 Å². The van der Waals surface area contributed by atoms with Gasteiger partial charge in [-0.2, -0.15) is 5.26 Å². The quantitative estimate of drug-likeness (QED) is 0.703. The van der Waals surface area contributed by atoms with E-state index in [-0.39, 0.29) is 5.91 Å². The highest BCUT2D eigenvalue weighted by Crippen LogP contribution is 2.10. The second-order valence-electron chi connectivity index (χ2n) is 6.89. The molecule has 1 N–H and O–H groups in total. The predicted molar refractivity (Wildman–Crippen MR) is 108 cm³/mol. The van der Waals surface area contributed by atoms with Gasteiger partial charge in [-0.15, -0.1) is 0 Å². The summed E-state index contributed by atoms with van der Waals surface area (Å²) in [6, 6.07) is 11.3. The summed E-state index contributed by atoms with van der Waals surface area (Å²) >= 11 is 0. The van der Waals surface area contributed by atoms with Gasteiger partial charge in [-0.25, -0.2) is 9.97 Å². The minimum Gasteiger partial charge on any atom is -0.356 e. The third-order valence-electron chi connectivity index (χ3n) is 4.90. The number of nitriles is 1. The third kappa shape index (κ3) is 6.03. The van der Waals surface area contributed by atoms with E-state index < -0.39 is 0 Å². The Bertz CT molecular complexity index is 779. The van der Waals surface area contributed by atoms with Crippen LogP contribution in [0.3, 0.4) is 0 Å². The lowest BCUT2D eigenvalue weighted by Crippen LogP contribution is -2.47. The van der Waals surface area contributed by atoms with Crippen molar-refractivity contribution < 1.29 is 4.79 Å². The zero-order valence-electron chi connectivity index (χ0n) is 16.0. The molecule has 0 bridgehead atoms. The molecule has 1 amide bonds. The van der Waals surface area contributed by atoms with Crippen LogP contribution < -0.4 is 10.2 Å². The monoisotopic (exact) mass is 378 g/mol. The molecule has 1 saturated heterocycles. The van der Waals surface area contributed by atoms with Crippen molar-refractivity contribution in [2.45, 2.75) is 19.3 Å². The lowest BCUT2D eigenvalue weighted by Gasteiger charge is -2.34. The highest BCUT2D eigenvalue weighted by molar-refractivity contribution is 5.76. The molecule has 0 atom stereocenters. The molecule has 0 unspecified atom stereocenters. The maximum absolute atomic E-state index is 12.0. The normalized spacial score (nSPS) is 14.5. The fraction of sp³-hybridized carbons (Fsp3) is 0.429. The maximum atomic E-state index is 12.0. The molecular formula is C21H26N6O. The van der Waals surface area contributed by atoms with Crippen molar-refractivity contribution in [3.05, 3.63) is 53.9 Å². The summed E-state index contributed by atoms with van der Waals surface area (Å²) in [6.07, 6.45) is 5.67. The summed E-state index contributed by atoms with van der Waals surface area (Å²) in [5, 5.41) is 11.8. The minimum absolute atomic E-state index is 0.0791. The maximum Gasteiger partial charge on any atom is 0.225 e. The van der Waals surface area contributed by atoms with Crippen LogP contribution in [0.4, 0.5) is 5.95 Å². The number of nitrogens with one attached hydrogen (secondary N) is 1. The van der Waals surface area contributed by atoms with E-state index in [0.717, 1.165) is 50.7 Å². The molecule has 146 valence electrons. The molecule has 0 radical (unpaired) electrons. The molecule has 0 saturated carbocycles. The second-order valence-corrected chi connectivity index (χ2v) is 6.89. The summed E-state index contributed by atoms with van der Waals surface area (Å²) in [5.41, 5.74) is 1.72. The van der Waals surface area contributed by atoms with Crippen LogP contribution in [0.1, 0.15) is 24.0 Å². The van der Waals surface area contributed by atoms with Gasteiger partial charge in [-0.05, 0) is 43.1 Å².